The van der Waals surface area contributed by atoms with E-state index in [1.165, 1.54) is 28.0 Å². The highest BCUT2D eigenvalue weighted by Crippen LogP contribution is 2.23. The molecule has 0 spiro atoms. The number of carbonyl (C=O) groups is 3. The Kier molecular flexibility index (Phi) is 10.5. The van der Waals surface area contributed by atoms with Crippen molar-refractivity contribution in [3.8, 4) is 0 Å². The fourth-order valence-corrected chi connectivity index (χ4v) is 5.66. The summed E-state index contributed by atoms with van der Waals surface area (Å²) < 4.78 is 27.5. The number of non-ortho nitro benzene ring substituents is 1. The Morgan fingerprint density at radius 3 is 2.09 bits per heavy atom. The van der Waals surface area contributed by atoms with Gasteiger partial charge in [-0.3, -0.25) is 24.5 Å². The molecule has 1 N–H and O–H groups in total. The van der Waals surface area contributed by atoms with E-state index in [1.54, 1.807) is 79.7 Å². The van der Waals surface area contributed by atoms with Gasteiger partial charge in [0.25, 0.3) is 15.7 Å². The van der Waals surface area contributed by atoms with Gasteiger partial charge in [0, 0.05) is 62.7 Å². The minimum atomic E-state index is -4.29. The Balaban J connectivity index is 1.49. The number of rotatable bonds is 11. The third kappa shape index (κ3) is 8.28. The molecule has 0 aromatic heterocycles. The van der Waals surface area contributed by atoms with E-state index in [1.807, 2.05) is 9.62 Å². The van der Waals surface area contributed by atoms with Crippen molar-refractivity contribution < 1.29 is 27.7 Å². The van der Waals surface area contributed by atoms with Gasteiger partial charge >= 0.3 is 0 Å². The van der Waals surface area contributed by atoms with Gasteiger partial charge in [-0.1, -0.05) is 48.5 Å². The Morgan fingerprint density at radius 2 is 1.52 bits per heavy atom. The molecular weight excluding hydrogens is 586 g/mol. The lowest BCUT2D eigenvalue weighted by Gasteiger charge is -2.36. The molecule has 1 saturated heterocycles. The first kappa shape index (κ1) is 31.9. The molecule has 4 rings (SSSR count). The van der Waals surface area contributed by atoms with Crippen molar-refractivity contribution in [2.45, 2.75) is 13.3 Å². The zero-order valence-electron chi connectivity index (χ0n) is 24.1. The summed E-state index contributed by atoms with van der Waals surface area (Å²) in [7, 11) is -4.29. The number of nitrogens with zero attached hydrogens (tertiary/aromatic N) is 4. The number of piperazine rings is 1. The van der Waals surface area contributed by atoms with E-state index in [9.17, 15) is 32.9 Å². The highest BCUT2D eigenvalue weighted by atomic mass is 32.2. The SMILES string of the molecule is CCN(C(=O)C(CC(=O)N1CCN(c2ccc([N+](=O)[O-])cc2)CC1)C(=O)NS(=O)(=O)C=Cc1ccccc1)c1ccccc1. The topological polar surface area (TPSA) is 150 Å². The number of para-hydroxylation sites is 1. The number of nitro benzene ring substituents is 1. The van der Waals surface area contributed by atoms with E-state index < -0.39 is 45.0 Å². The van der Waals surface area contributed by atoms with Gasteiger partial charge in [0.05, 0.1) is 10.3 Å². The van der Waals surface area contributed by atoms with Crippen LogP contribution in [-0.2, 0) is 24.4 Å². The van der Waals surface area contributed by atoms with Crippen LogP contribution in [0.15, 0.2) is 90.3 Å². The number of hydrogen-bond acceptors (Lipinski definition) is 8. The number of carbonyl (C=O) groups excluding carboxylic acids is 3. The number of hydrogen-bond donors (Lipinski definition) is 1. The molecule has 230 valence electrons. The van der Waals surface area contributed by atoms with E-state index in [4.69, 9.17) is 0 Å². The third-order valence-electron chi connectivity index (χ3n) is 7.18. The molecule has 1 atom stereocenters. The largest absolute Gasteiger partial charge is 0.368 e. The molecule has 0 radical (unpaired) electrons. The maximum atomic E-state index is 13.7. The molecule has 1 aliphatic rings. The summed E-state index contributed by atoms with van der Waals surface area (Å²) in [6.07, 6.45) is 0.799. The van der Waals surface area contributed by atoms with Gasteiger partial charge in [0.1, 0.15) is 5.92 Å². The Hall–Kier alpha value is -5.04. The normalized spacial score (nSPS) is 14.2. The monoisotopic (exact) mass is 619 g/mol. The number of sulfonamides is 1. The third-order valence-corrected chi connectivity index (χ3v) is 8.16. The van der Waals surface area contributed by atoms with Crippen molar-refractivity contribution in [1.82, 2.24) is 9.62 Å². The van der Waals surface area contributed by atoms with Gasteiger partial charge in [-0.2, -0.15) is 0 Å². The lowest BCUT2D eigenvalue weighted by Crippen LogP contribution is -2.51. The molecule has 0 bridgehead atoms. The van der Waals surface area contributed by atoms with Gasteiger partial charge in [0.15, 0.2) is 0 Å². The summed E-state index contributed by atoms with van der Waals surface area (Å²) in [5.41, 5.74) is 1.85. The number of amides is 3. The smallest absolute Gasteiger partial charge is 0.269 e. The molecule has 3 aromatic rings. The molecule has 1 fully saturated rings. The molecule has 12 nitrogen and oxygen atoms in total. The van der Waals surface area contributed by atoms with E-state index in [0.717, 1.165) is 11.1 Å². The first-order chi connectivity index (χ1) is 21.1. The summed E-state index contributed by atoms with van der Waals surface area (Å²) >= 11 is 0. The fraction of sp³-hybridized carbons (Fsp3) is 0.258. The van der Waals surface area contributed by atoms with E-state index in [2.05, 4.69) is 0 Å². The lowest BCUT2D eigenvalue weighted by molar-refractivity contribution is -0.384. The van der Waals surface area contributed by atoms with Crippen LogP contribution >= 0.6 is 0 Å². The van der Waals surface area contributed by atoms with Gasteiger partial charge in [-0.15, -0.1) is 0 Å². The van der Waals surface area contributed by atoms with E-state index >= 15 is 0 Å². The number of nitro groups is 1. The maximum absolute atomic E-state index is 13.7. The van der Waals surface area contributed by atoms with Crippen molar-refractivity contribution in [1.29, 1.82) is 0 Å². The summed E-state index contributed by atoms with van der Waals surface area (Å²) in [5.74, 6) is -3.87. The van der Waals surface area contributed by atoms with Crippen LogP contribution in [0.3, 0.4) is 0 Å². The first-order valence-electron chi connectivity index (χ1n) is 14.0. The van der Waals surface area contributed by atoms with Crippen molar-refractivity contribution in [2.75, 3.05) is 42.5 Å². The first-order valence-corrected chi connectivity index (χ1v) is 15.6. The molecule has 0 saturated carbocycles. The second kappa shape index (κ2) is 14.4. The predicted molar refractivity (Wildman–Crippen MR) is 167 cm³/mol. The molecule has 1 aliphatic heterocycles. The van der Waals surface area contributed by atoms with Crippen LogP contribution in [0.2, 0.25) is 0 Å². The Bertz CT molecular complexity index is 1610. The quantitative estimate of drug-likeness (QED) is 0.195. The molecule has 1 heterocycles. The second-order valence-electron chi connectivity index (χ2n) is 10.0. The van der Waals surface area contributed by atoms with Crippen LogP contribution in [0.1, 0.15) is 18.9 Å². The second-order valence-corrected chi connectivity index (χ2v) is 11.6. The molecule has 3 amide bonds. The minimum Gasteiger partial charge on any atom is -0.368 e. The van der Waals surface area contributed by atoms with Crippen LogP contribution < -0.4 is 14.5 Å². The summed E-state index contributed by atoms with van der Waals surface area (Å²) in [6, 6.07) is 23.4. The highest BCUT2D eigenvalue weighted by molar-refractivity contribution is 7.93. The van der Waals surface area contributed by atoms with Gasteiger partial charge < -0.3 is 14.7 Å². The maximum Gasteiger partial charge on any atom is 0.269 e. The van der Waals surface area contributed by atoms with Crippen LogP contribution in [-0.4, -0.2) is 68.7 Å². The zero-order valence-corrected chi connectivity index (χ0v) is 24.9. The van der Waals surface area contributed by atoms with Crippen LogP contribution in [0.5, 0.6) is 0 Å². The zero-order chi connectivity index (χ0) is 31.7. The summed E-state index contributed by atoms with van der Waals surface area (Å²) in [6.45, 7) is 3.34. The van der Waals surface area contributed by atoms with E-state index in [-0.39, 0.29) is 25.3 Å². The van der Waals surface area contributed by atoms with Crippen molar-refractivity contribution in [2.24, 2.45) is 5.92 Å². The van der Waals surface area contributed by atoms with Crippen molar-refractivity contribution in [3.63, 3.8) is 0 Å². The average Bonchev–Trinajstić information content (AvgIpc) is 3.03. The molecule has 1 unspecified atom stereocenters. The molecule has 44 heavy (non-hydrogen) atoms. The Morgan fingerprint density at radius 1 is 0.932 bits per heavy atom. The Labute approximate surface area is 255 Å². The molecular formula is C31H33N5O7S. The fourth-order valence-electron chi connectivity index (χ4n) is 4.83. The van der Waals surface area contributed by atoms with Crippen LogP contribution in [0.25, 0.3) is 6.08 Å². The van der Waals surface area contributed by atoms with Gasteiger partial charge in [-0.25, -0.2) is 13.1 Å². The van der Waals surface area contributed by atoms with E-state index in [0.29, 0.717) is 24.3 Å². The van der Waals surface area contributed by atoms with Gasteiger partial charge in [0.2, 0.25) is 17.7 Å². The highest BCUT2D eigenvalue weighted by Gasteiger charge is 2.36. The van der Waals surface area contributed by atoms with Crippen molar-refractivity contribution in [3.05, 3.63) is 106 Å². The standard InChI is InChI=1S/C31H33N5O7S/c1-2-35(26-11-7-4-8-12-26)31(39)28(30(38)32-44(42,43)22-17-24-9-5-3-6-10-24)23-29(37)34-20-18-33(19-21-34)25-13-15-27(16-14-25)36(40)41/h3-17,22,28H,2,18-21,23H2,1H3,(H,32,38). The summed E-state index contributed by atoms with van der Waals surface area (Å²) in [4.78, 5) is 55.9. The average molecular weight is 620 g/mol. The number of anilines is 2. The summed E-state index contributed by atoms with van der Waals surface area (Å²) in [5, 5.41) is 11.8. The molecule has 13 heteroatoms. The van der Waals surface area contributed by atoms with Gasteiger partial charge in [-0.05, 0) is 42.8 Å². The number of benzene rings is 3. The molecule has 0 aliphatic carbocycles. The van der Waals surface area contributed by atoms with Crippen LogP contribution in [0.4, 0.5) is 17.1 Å². The number of nitrogens with one attached hydrogen (secondary N) is 1. The molecule has 3 aromatic carbocycles. The van der Waals surface area contributed by atoms with Crippen molar-refractivity contribution >= 4 is 50.9 Å². The predicted octanol–water partition coefficient (Wildman–Crippen LogP) is 3.42. The minimum absolute atomic E-state index is 0.0225. The van der Waals surface area contributed by atoms with Crippen LogP contribution in [0, 0.1) is 16.0 Å². The lowest BCUT2D eigenvalue weighted by atomic mass is 10.0.